The zero-order valence-corrected chi connectivity index (χ0v) is 16.4. The topological polar surface area (TPSA) is 76.7 Å². The fourth-order valence-corrected chi connectivity index (χ4v) is 4.72. The molecule has 1 aromatic rings. The number of rotatable bonds is 8. The van der Waals surface area contributed by atoms with Gasteiger partial charge in [0.05, 0.1) is 14.2 Å². The van der Waals surface area contributed by atoms with Crippen LogP contribution in [0.4, 0.5) is 0 Å². The first-order valence-corrected chi connectivity index (χ1v) is 10.3. The molecule has 0 atom stereocenters. The van der Waals surface area contributed by atoms with Gasteiger partial charge in [-0.05, 0) is 44.4 Å². The highest BCUT2D eigenvalue weighted by molar-refractivity contribution is 7.87. The molecule has 0 amide bonds. The van der Waals surface area contributed by atoms with Crippen LogP contribution in [0.15, 0.2) is 18.2 Å². The van der Waals surface area contributed by atoms with Gasteiger partial charge in [-0.25, -0.2) is 4.72 Å². The van der Waals surface area contributed by atoms with Gasteiger partial charge in [0.2, 0.25) is 0 Å². The van der Waals surface area contributed by atoms with Crippen LogP contribution in [-0.4, -0.2) is 35.2 Å². The van der Waals surface area contributed by atoms with Crippen molar-refractivity contribution in [3.63, 3.8) is 0 Å². The second kappa shape index (κ2) is 8.38. The van der Waals surface area contributed by atoms with Crippen LogP contribution in [0, 0.1) is 0 Å². The third kappa shape index (κ3) is 5.09. The Labute approximate surface area is 151 Å². The summed E-state index contributed by atoms with van der Waals surface area (Å²) < 4.78 is 40.5. The molecule has 0 radical (unpaired) electrons. The molecule has 25 heavy (non-hydrogen) atoms. The second-order valence-electron chi connectivity index (χ2n) is 7.01. The average Bonchev–Trinajstić information content (AvgIpc) is 2.59. The summed E-state index contributed by atoms with van der Waals surface area (Å²) in [5.74, 6) is 1.35. The monoisotopic (exact) mass is 370 g/mol. The van der Waals surface area contributed by atoms with Crippen molar-refractivity contribution in [2.75, 3.05) is 20.8 Å². The number of benzene rings is 1. The number of hydrogen-bond acceptors (Lipinski definition) is 4. The van der Waals surface area contributed by atoms with Crippen molar-refractivity contribution >= 4 is 10.2 Å². The van der Waals surface area contributed by atoms with Gasteiger partial charge >= 0.3 is 0 Å². The SMILES string of the molecule is COc1ccc(C2(CNS(=O)(=O)NC(C)C)CCCCC2)cc1OC. The van der Waals surface area contributed by atoms with Crippen molar-refractivity contribution in [3.05, 3.63) is 23.8 Å². The highest BCUT2D eigenvalue weighted by atomic mass is 32.2. The van der Waals surface area contributed by atoms with Crippen molar-refractivity contribution < 1.29 is 17.9 Å². The fraction of sp³-hybridized carbons (Fsp3) is 0.667. The van der Waals surface area contributed by atoms with Gasteiger partial charge in [-0.2, -0.15) is 13.1 Å². The van der Waals surface area contributed by atoms with Crippen molar-refractivity contribution in [3.8, 4) is 11.5 Å². The van der Waals surface area contributed by atoms with Gasteiger partial charge < -0.3 is 9.47 Å². The molecule has 1 saturated carbocycles. The van der Waals surface area contributed by atoms with Crippen molar-refractivity contribution in [1.82, 2.24) is 9.44 Å². The Bertz CT molecular complexity index is 668. The van der Waals surface area contributed by atoms with Crippen molar-refractivity contribution in [2.24, 2.45) is 0 Å². The molecule has 7 heteroatoms. The Morgan fingerprint density at radius 3 is 2.28 bits per heavy atom. The van der Waals surface area contributed by atoms with Gasteiger partial charge in [0.1, 0.15) is 0 Å². The van der Waals surface area contributed by atoms with Crippen molar-refractivity contribution in [2.45, 2.75) is 57.4 Å². The lowest BCUT2D eigenvalue weighted by molar-refractivity contribution is 0.289. The van der Waals surface area contributed by atoms with Gasteiger partial charge in [0, 0.05) is 18.0 Å². The molecule has 0 unspecified atom stereocenters. The summed E-state index contributed by atoms with van der Waals surface area (Å²) in [4.78, 5) is 0. The van der Waals surface area contributed by atoms with E-state index in [4.69, 9.17) is 9.47 Å². The number of hydrogen-bond donors (Lipinski definition) is 2. The molecule has 2 N–H and O–H groups in total. The summed E-state index contributed by atoms with van der Waals surface area (Å²) in [6, 6.07) is 5.76. The van der Waals surface area contributed by atoms with Gasteiger partial charge in [0.15, 0.2) is 11.5 Å². The fourth-order valence-electron chi connectivity index (χ4n) is 3.55. The summed E-state index contributed by atoms with van der Waals surface area (Å²) in [6.07, 6.45) is 5.27. The molecular formula is C18H30N2O4S. The van der Waals surface area contributed by atoms with Gasteiger partial charge in [0.25, 0.3) is 10.2 Å². The Balaban J connectivity index is 2.29. The summed E-state index contributed by atoms with van der Waals surface area (Å²) >= 11 is 0. The molecule has 0 spiro atoms. The van der Waals surface area contributed by atoms with Gasteiger partial charge in [-0.3, -0.25) is 0 Å². The maximum absolute atomic E-state index is 12.2. The molecule has 1 aliphatic rings. The van der Waals surface area contributed by atoms with E-state index in [1.54, 1.807) is 14.2 Å². The maximum Gasteiger partial charge on any atom is 0.277 e. The Hall–Kier alpha value is -1.31. The molecule has 0 heterocycles. The first-order chi connectivity index (χ1) is 11.8. The normalized spacial score (nSPS) is 17.5. The minimum atomic E-state index is -3.51. The summed E-state index contributed by atoms with van der Waals surface area (Å²) in [6.45, 7) is 4.00. The quantitative estimate of drug-likeness (QED) is 0.738. The minimum absolute atomic E-state index is 0.138. The summed E-state index contributed by atoms with van der Waals surface area (Å²) in [7, 11) is -0.285. The van der Waals surface area contributed by atoms with E-state index in [0.717, 1.165) is 31.2 Å². The number of nitrogens with one attached hydrogen (secondary N) is 2. The van der Waals surface area contributed by atoms with Crippen LogP contribution in [-0.2, 0) is 15.6 Å². The predicted molar refractivity (Wildman–Crippen MR) is 99.5 cm³/mol. The summed E-state index contributed by atoms with van der Waals surface area (Å²) in [5.41, 5.74) is 0.876. The highest BCUT2D eigenvalue weighted by Crippen LogP contribution is 2.42. The van der Waals surface area contributed by atoms with E-state index in [1.165, 1.54) is 6.42 Å². The average molecular weight is 371 g/mol. The molecule has 0 aliphatic heterocycles. The van der Waals surface area contributed by atoms with Crippen LogP contribution >= 0.6 is 0 Å². The van der Waals surface area contributed by atoms with Crippen LogP contribution in [0.25, 0.3) is 0 Å². The molecule has 1 aliphatic carbocycles. The van der Waals surface area contributed by atoms with E-state index in [0.29, 0.717) is 18.0 Å². The smallest absolute Gasteiger partial charge is 0.277 e. The van der Waals surface area contributed by atoms with E-state index in [2.05, 4.69) is 9.44 Å². The third-order valence-electron chi connectivity index (χ3n) is 4.80. The van der Waals surface area contributed by atoms with Crippen LogP contribution in [0.1, 0.15) is 51.5 Å². The van der Waals surface area contributed by atoms with Crippen LogP contribution < -0.4 is 18.9 Å². The first kappa shape index (κ1) is 20.0. The third-order valence-corrected chi connectivity index (χ3v) is 6.10. The molecule has 2 rings (SSSR count). The molecule has 0 bridgehead atoms. The minimum Gasteiger partial charge on any atom is -0.493 e. The van der Waals surface area contributed by atoms with Gasteiger partial charge in [-0.15, -0.1) is 0 Å². The molecular weight excluding hydrogens is 340 g/mol. The lowest BCUT2D eigenvalue weighted by atomic mass is 9.69. The van der Waals surface area contributed by atoms with E-state index in [9.17, 15) is 8.42 Å². The summed E-state index contributed by atoms with van der Waals surface area (Å²) in [5, 5.41) is 0. The van der Waals surface area contributed by atoms with E-state index < -0.39 is 10.2 Å². The second-order valence-corrected chi connectivity index (χ2v) is 8.54. The lowest BCUT2D eigenvalue weighted by Crippen LogP contribution is -2.47. The van der Waals surface area contributed by atoms with E-state index in [1.807, 2.05) is 32.0 Å². The maximum atomic E-state index is 12.2. The predicted octanol–water partition coefficient (Wildman–Crippen LogP) is 2.74. The van der Waals surface area contributed by atoms with E-state index >= 15 is 0 Å². The Morgan fingerprint density at radius 2 is 1.72 bits per heavy atom. The Morgan fingerprint density at radius 1 is 1.08 bits per heavy atom. The van der Waals surface area contributed by atoms with Crippen molar-refractivity contribution in [1.29, 1.82) is 0 Å². The molecule has 6 nitrogen and oxygen atoms in total. The Kier molecular flexibility index (Phi) is 6.71. The standard InChI is InChI=1S/C18H30N2O4S/c1-14(2)20-25(21,22)19-13-18(10-6-5-7-11-18)15-8-9-16(23-3)17(12-15)24-4/h8-9,12,14,19-20H,5-7,10-11,13H2,1-4H3. The molecule has 0 saturated heterocycles. The lowest BCUT2D eigenvalue weighted by Gasteiger charge is -2.38. The largest absolute Gasteiger partial charge is 0.493 e. The molecule has 142 valence electrons. The highest BCUT2D eigenvalue weighted by Gasteiger charge is 2.35. The first-order valence-electron chi connectivity index (χ1n) is 8.81. The molecule has 1 aromatic carbocycles. The van der Waals surface area contributed by atoms with Gasteiger partial charge in [-0.1, -0.05) is 25.3 Å². The number of methoxy groups -OCH3 is 2. The molecule has 0 aromatic heterocycles. The van der Waals surface area contributed by atoms with Crippen LogP contribution in [0.3, 0.4) is 0 Å². The number of ether oxygens (including phenoxy) is 2. The zero-order valence-electron chi connectivity index (χ0n) is 15.6. The van der Waals surface area contributed by atoms with E-state index in [-0.39, 0.29) is 11.5 Å². The van der Waals surface area contributed by atoms with Crippen LogP contribution in [0.2, 0.25) is 0 Å². The van der Waals surface area contributed by atoms with Crippen LogP contribution in [0.5, 0.6) is 11.5 Å². The molecule has 1 fully saturated rings. The zero-order chi connectivity index (χ0) is 18.5.